The van der Waals surface area contributed by atoms with Gasteiger partial charge in [-0.2, -0.15) is 0 Å². The van der Waals surface area contributed by atoms with Gasteiger partial charge in [-0.3, -0.25) is 4.79 Å². The van der Waals surface area contributed by atoms with E-state index in [0.29, 0.717) is 12.6 Å². The smallest absolute Gasteiger partial charge is 0.236 e. The second-order valence-electron chi connectivity index (χ2n) is 4.89. The molecular weight excluding hydrogens is 292 g/mol. The Kier molecular flexibility index (Phi) is 4.40. The van der Waals surface area contributed by atoms with Gasteiger partial charge in [-0.15, -0.1) is 0 Å². The van der Waals surface area contributed by atoms with Crippen LogP contribution in [0.25, 0.3) is 0 Å². The first-order valence-corrected chi connectivity index (χ1v) is 7.11. The fourth-order valence-electron chi connectivity index (χ4n) is 1.92. The summed E-state index contributed by atoms with van der Waals surface area (Å²) in [6.45, 7) is 2.48. The van der Waals surface area contributed by atoms with E-state index in [0.717, 1.165) is 17.3 Å². The van der Waals surface area contributed by atoms with Crippen LogP contribution in [0.1, 0.15) is 31.4 Å². The van der Waals surface area contributed by atoms with Crippen molar-refractivity contribution in [1.29, 1.82) is 0 Å². The molecule has 1 aliphatic carbocycles. The molecule has 0 aliphatic heterocycles. The second-order valence-corrected chi connectivity index (χ2v) is 5.81. The molecule has 0 bridgehead atoms. The minimum absolute atomic E-state index is 0.180. The van der Waals surface area contributed by atoms with Crippen LogP contribution in [0.15, 0.2) is 28.7 Å². The molecule has 1 amide bonds. The van der Waals surface area contributed by atoms with Crippen LogP contribution < -0.4 is 5.32 Å². The minimum Gasteiger partial charge on any atom is -0.342 e. The summed E-state index contributed by atoms with van der Waals surface area (Å²) >= 11 is 3.46. The Bertz CT molecular complexity index is 432. The van der Waals surface area contributed by atoms with Crippen molar-refractivity contribution in [2.75, 3.05) is 13.6 Å². The molecule has 1 aromatic carbocycles. The Morgan fingerprint density at radius 1 is 1.56 bits per heavy atom. The number of carbonyl (C=O) groups excluding carboxylic acids is 1. The molecule has 1 unspecified atom stereocenters. The van der Waals surface area contributed by atoms with E-state index in [1.54, 1.807) is 0 Å². The zero-order chi connectivity index (χ0) is 13.1. The minimum atomic E-state index is 0.180. The summed E-state index contributed by atoms with van der Waals surface area (Å²) in [5, 5.41) is 3.28. The van der Waals surface area contributed by atoms with Crippen LogP contribution in [0.5, 0.6) is 0 Å². The number of carbonyl (C=O) groups is 1. The molecule has 1 saturated carbocycles. The molecule has 0 heterocycles. The summed E-state index contributed by atoms with van der Waals surface area (Å²) in [5.41, 5.74) is 1.19. The van der Waals surface area contributed by atoms with Crippen LogP contribution in [0.4, 0.5) is 0 Å². The molecule has 4 heteroatoms. The molecular formula is C14H19BrN2O. The summed E-state index contributed by atoms with van der Waals surface area (Å²) in [5.74, 6) is 0.180. The van der Waals surface area contributed by atoms with Gasteiger partial charge in [0, 0.05) is 23.6 Å². The van der Waals surface area contributed by atoms with Gasteiger partial charge >= 0.3 is 0 Å². The highest BCUT2D eigenvalue weighted by Crippen LogP contribution is 2.25. The molecule has 0 saturated heterocycles. The Morgan fingerprint density at radius 2 is 2.28 bits per heavy atom. The molecule has 1 aliphatic rings. The highest BCUT2D eigenvalue weighted by Gasteiger charge is 2.29. The van der Waals surface area contributed by atoms with Gasteiger partial charge in [-0.05, 0) is 37.5 Å². The molecule has 3 nitrogen and oxygen atoms in total. The normalized spacial score (nSPS) is 16.4. The van der Waals surface area contributed by atoms with Gasteiger partial charge in [0.05, 0.1) is 6.54 Å². The molecule has 18 heavy (non-hydrogen) atoms. The molecule has 1 fully saturated rings. The van der Waals surface area contributed by atoms with Crippen molar-refractivity contribution in [2.45, 2.75) is 31.8 Å². The van der Waals surface area contributed by atoms with Gasteiger partial charge in [0.2, 0.25) is 5.91 Å². The van der Waals surface area contributed by atoms with Crippen molar-refractivity contribution < 1.29 is 4.79 Å². The lowest BCUT2D eigenvalue weighted by molar-refractivity contribution is -0.129. The predicted octanol–water partition coefficient (Wildman–Crippen LogP) is 2.72. The van der Waals surface area contributed by atoms with Crippen LogP contribution in [-0.4, -0.2) is 30.4 Å². The van der Waals surface area contributed by atoms with Gasteiger partial charge in [-0.1, -0.05) is 28.1 Å². The summed E-state index contributed by atoms with van der Waals surface area (Å²) in [7, 11) is 1.89. The maximum atomic E-state index is 11.9. The first kappa shape index (κ1) is 13.6. The van der Waals surface area contributed by atoms with E-state index in [2.05, 4.69) is 40.3 Å². The standard InChI is InChI=1S/C14H19BrN2O/c1-10(11-4-3-5-12(15)8-11)16-9-14(18)17(2)13-6-7-13/h3-5,8,10,13,16H,6-7,9H2,1-2H3. The number of hydrogen-bond acceptors (Lipinski definition) is 2. The number of halogens is 1. The maximum Gasteiger partial charge on any atom is 0.236 e. The van der Waals surface area contributed by atoms with Crippen molar-refractivity contribution in [3.05, 3.63) is 34.3 Å². The Hall–Kier alpha value is -0.870. The number of rotatable bonds is 5. The topological polar surface area (TPSA) is 32.3 Å². The molecule has 0 aromatic heterocycles. The molecule has 0 spiro atoms. The second kappa shape index (κ2) is 5.85. The van der Waals surface area contributed by atoms with Crippen LogP contribution in [0.2, 0.25) is 0 Å². The summed E-state index contributed by atoms with van der Waals surface area (Å²) in [6, 6.07) is 8.82. The van der Waals surface area contributed by atoms with E-state index < -0.39 is 0 Å². The predicted molar refractivity (Wildman–Crippen MR) is 76.4 cm³/mol. The van der Waals surface area contributed by atoms with Crippen LogP contribution >= 0.6 is 15.9 Å². The summed E-state index contributed by atoms with van der Waals surface area (Å²) in [6.07, 6.45) is 2.31. The molecule has 2 rings (SSSR count). The fourth-order valence-corrected chi connectivity index (χ4v) is 2.34. The van der Waals surface area contributed by atoms with Gasteiger partial charge in [0.15, 0.2) is 0 Å². The zero-order valence-corrected chi connectivity index (χ0v) is 12.4. The SMILES string of the molecule is CC(NCC(=O)N(C)C1CC1)c1cccc(Br)c1. The van der Waals surface area contributed by atoms with E-state index in [1.807, 2.05) is 24.1 Å². The van der Waals surface area contributed by atoms with Crippen molar-refractivity contribution in [1.82, 2.24) is 10.2 Å². The van der Waals surface area contributed by atoms with Gasteiger partial charge < -0.3 is 10.2 Å². The quantitative estimate of drug-likeness (QED) is 0.907. The maximum absolute atomic E-state index is 11.9. The summed E-state index contributed by atoms with van der Waals surface area (Å²) < 4.78 is 1.06. The molecule has 1 N–H and O–H groups in total. The van der Waals surface area contributed by atoms with Gasteiger partial charge in [-0.25, -0.2) is 0 Å². The first-order valence-electron chi connectivity index (χ1n) is 6.32. The Balaban J connectivity index is 1.84. The number of likely N-dealkylation sites (N-methyl/N-ethyl adjacent to an activating group) is 1. The average molecular weight is 311 g/mol. The third-order valence-corrected chi connectivity index (χ3v) is 3.89. The zero-order valence-electron chi connectivity index (χ0n) is 10.8. The lowest BCUT2D eigenvalue weighted by Gasteiger charge is -2.19. The Labute approximate surface area is 117 Å². The number of amides is 1. The van der Waals surface area contributed by atoms with Crippen LogP contribution in [0.3, 0.4) is 0 Å². The molecule has 0 radical (unpaired) electrons. The number of hydrogen-bond donors (Lipinski definition) is 1. The lowest BCUT2D eigenvalue weighted by atomic mass is 10.1. The monoisotopic (exact) mass is 310 g/mol. The van der Waals surface area contributed by atoms with E-state index >= 15 is 0 Å². The lowest BCUT2D eigenvalue weighted by Crippen LogP contribution is -2.37. The van der Waals surface area contributed by atoms with Crippen molar-refractivity contribution in [3.63, 3.8) is 0 Å². The Morgan fingerprint density at radius 3 is 2.89 bits per heavy atom. The van der Waals surface area contributed by atoms with Crippen molar-refractivity contribution >= 4 is 21.8 Å². The highest BCUT2D eigenvalue weighted by atomic mass is 79.9. The van der Waals surface area contributed by atoms with Crippen LogP contribution in [-0.2, 0) is 4.79 Å². The highest BCUT2D eigenvalue weighted by molar-refractivity contribution is 9.10. The number of nitrogens with zero attached hydrogens (tertiary/aromatic N) is 1. The molecule has 98 valence electrons. The first-order chi connectivity index (χ1) is 8.58. The van der Waals surface area contributed by atoms with Gasteiger partial charge in [0.25, 0.3) is 0 Å². The molecule has 1 aromatic rings. The van der Waals surface area contributed by atoms with E-state index in [4.69, 9.17) is 0 Å². The summed E-state index contributed by atoms with van der Waals surface area (Å²) in [4.78, 5) is 13.7. The third-order valence-electron chi connectivity index (χ3n) is 3.40. The number of nitrogens with one attached hydrogen (secondary N) is 1. The average Bonchev–Trinajstić information content (AvgIpc) is 3.18. The van der Waals surface area contributed by atoms with Crippen molar-refractivity contribution in [2.24, 2.45) is 0 Å². The van der Waals surface area contributed by atoms with E-state index in [9.17, 15) is 4.79 Å². The molecule has 1 atom stereocenters. The third kappa shape index (κ3) is 3.56. The van der Waals surface area contributed by atoms with E-state index in [1.165, 1.54) is 5.56 Å². The fraction of sp³-hybridized carbons (Fsp3) is 0.500. The van der Waals surface area contributed by atoms with Crippen LogP contribution in [0, 0.1) is 0 Å². The van der Waals surface area contributed by atoms with E-state index in [-0.39, 0.29) is 11.9 Å². The van der Waals surface area contributed by atoms with Crippen molar-refractivity contribution in [3.8, 4) is 0 Å². The number of benzene rings is 1. The largest absolute Gasteiger partial charge is 0.342 e. The van der Waals surface area contributed by atoms with Gasteiger partial charge in [0.1, 0.15) is 0 Å².